The topological polar surface area (TPSA) is 59.0 Å². The van der Waals surface area contributed by atoms with Gasteiger partial charge in [-0.2, -0.15) is 5.10 Å². The summed E-state index contributed by atoms with van der Waals surface area (Å²) in [6.07, 6.45) is 10.4. The first kappa shape index (κ1) is 21.2. The highest BCUT2D eigenvalue weighted by Crippen LogP contribution is 2.39. The van der Waals surface area contributed by atoms with Gasteiger partial charge in [-0.15, -0.1) is 12.4 Å². The normalized spacial score (nSPS) is 26.0. The summed E-state index contributed by atoms with van der Waals surface area (Å²) in [6, 6.07) is 1.91. The molecule has 148 valence electrons. The van der Waals surface area contributed by atoms with E-state index < -0.39 is 5.54 Å². The summed E-state index contributed by atoms with van der Waals surface area (Å²) < 4.78 is 1.87. The second-order valence-corrected chi connectivity index (χ2v) is 9.03. The van der Waals surface area contributed by atoms with Gasteiger partial charge < -0.3 is 10.6 Å². The maximum Gasteiger partial charge on any atom is 0.248 e. The molecule has 0 bridgehead atoms. The zero-order chi connectivity index (χ0) is 17.9. The van der Waals surface area contributed by atoms with Gasteiger partial charge in [0.2, 0.25) is 5.91 Å². The summed E-state index contributed by atoms with van der Waals surface area (Å²) in [4.78, 5) is 13.1. The molecule has 1 aromatic heterocycles. The highest BCUT2D eigenvalue weighted by molar-refractivity contribution is 5.85. The smallest absolute Gasteiger partial charge is 0.248 e. The van der Waals surface area contributed by atoms with Crippen LogP contribution in [-0.2, 0) is 10.3 Å². The molecule has 2 fully saturated rings. The van der Waals surface area contributed by atoms with Crippen LogP contribution in [0.2, 0.25) is 0 Å². The van der Waals surface area contributed by atoms with E-state index in [4.69, 9.17) is 0 Å². The lowest BCUT2D eigenvalue weighted by Crippen LogP contribution is -2.55. The number of rotatable bonds is 4. The Bertz CT molecular complexity index is 553. The number of nitrogens with one attached hydrogen (secondary N) is 2. The lowest BCUT2D eigenvalue weighted by molar-refractivity contribution is -0.132. The van der Waals surface area contributed by atoms with Crippen molar-refractivity contribution in [1.29, 1.82) is 0 Å². The number of hydrogen-bond donors (Lipinski definition) is 2. The molecule has 6 heteroatoms. The van der Waals surface area contributed by atoms with Crippen LogP contribution in [0.4, 0.5) is 0 Å². The molecule has 2 heterocycles. The summed E-state index contributed by atoms with van der Waals surface area (Å²) in [5.41, 5.74) is -0.106. The molecular weight excluding hydrogens is 348 g/mol. The molecular formula is C20H35ClN4O. The SMILES string of the molecule is CC(C)(C)C1CCC(CNC(=O)C2(n3cccn3)CCNCC2)CC1.Cl. The van der Waals surface area contributed by atoms with Crippen molar-refractivity contribution in [2.75, 3.05) is 19.6 Å². The molecule has 1 saturated carbocycles. The fourth-order valence-corrected chi connectivity index (χ4v) is 4.56. The van der Waals surface area contributed by atoms with E-state index in [0.717, 1.165) is 38.4 Å². The summed E-state index contributed by atoms with van der Waals surface area (Å²) in [5, 5.41) is 11.0. The molecule has 2 aliphatic rings. The van der Waals surface area contributed by atoms with Gasteiger partial charge in [-0.1, -0.05) is 20.8 Å². The monoisotopic (exact) mass is 382 g/mol. The molecule has 26 heavy (non-hydrogen) atoms. The van der Waals surface area contributed by atoms with E-state index in [2.05, 4.69) is 36.5 Å². The van der Waals surface area contributed by atoms with Gasteiger partial charge in [-0.25, -0.2) is 0 Å². The Morgan fingerprint density at radius 1 is 1.23 bits per heavy atom. The lowest BCUT2D eigenvalue weighted by atomic mass is 9.70. The molecule has 1 saturated heterocycles. The number of carbonyl (C=O) groups excluding carboxylic acids is 1. The highest BCUT2D eigenvalue weighted by Gasteiger charge is 2.42. The van der Waals surface area contributed by atoms with E-state index in [1.165, 1.54) is 25.7 Å². The minimum Gasteiger partial charge on any atom is -0.354 e. The fraction of sp³-hybridized carbons (Fsp3) is 0.800. The van der Waals surface area contributed by atoms with Crippen LogP contribution >= 0.6 is 12.4 Å². The van der Waals surface area contributed by atoms with Gasteiger partial charge in [0.05, 0.1) is 0 Å². The number of amides is 1. The molecule has 1 aliphatic heterocycles. The second kappa shape index (κ2) is 8.75. The highest BCUT2D eigenvalue weighted by atomic mass is 35.5. The first-order valence-electron chi connectivity index (χ1n) is 9.91. The summed E-state index contributed by atoms with van der Waals surface area (Å²) in [6.45, 7) is 9.60. The minimum absolute atomic E-state index is 0. The Balaban J connectivity index is 0.00000243. The third-order valence-corrected chi connectivity index (χ3v) is 6.42. The predicted octanol–water partition coefficient (Wildman–Crippen LogP) is 3.35. The van der Waals surface area contributed by atoms with Gasteiger partial charge in [0.25, 0.3) is 0 Å². The van der Waals surface area contributed by atoms with E-state index >= 15 is 0 Å². The van der Waals surface area contributed by atoms with Crippen molar-refractivity contribution in [3.8, 4) is 0 Å². The maximum absolute atomic E-state index is 13.1. The van der Waals surface area contributed by atoms with Crippen molar-refractivity contribution in [3.05, 3.63) is 18.5 Å². The fourth-order valence-electron chi connectivity index (χ4n) is 4.56. The third kappa shape index (κ3) is 4.61. The van der Waals surface area contributed by atoms with Crippen molar-refractivity contribution in [1.82, 2.24) is 20.4 Å². The zero-order valence-electron chi connectivity index (χ0n) is 16.5. The van der Waals surface area contributed by atoms with Crippen LogP contribution in [0.5, 0.6) is 0 Å². The van der Waals surface area contributed by atoms with Gasteiger partial charge in [0, 0.05) is 18.9 Å². The summed E-state index contributed by atoms with van der Waals surface area (Å²) in [7, 11) is 0. The number of aromatic nitrogens is 2. The average molecular weight is 383 g/mol. The number of carbonyl (C=O) groups is 1. The quantitative estimate of drug-likeness (QED) is 0.839. The van der Waals surface area contributed by atoms with Crippen molar-refractivity contribution in [3.63, 3.8) is 0 Å². The van der Waals surface area contributed by atoms with Gasteiger partial charge in [-0.3, -0.25) is 9.48 Å². The third-order valence-electron chi connectivity index (χ3n) is 6.42. The number of halogens is 1. The second-order valence-electron chi connectivity index (χ2n) is 9.03. The van der Waals surface area contributed by atoms with Gasteiger partial charge in [0.15, 0.2) is 0 Å². The molecule has 0 radical (unpaired) electrons. The van der Waals surface area contributed by atoms with E-state index in [-0.39, 0.29) is 18.3 Å². The summed E-state index contributed by atoms with van der Waals surface area (Å²) >= 11 is 0. The molecule has 1 amide bonds. The van der Waals surface area contributed by atoms with Crippen LogP contribution in [0, 0.1) is 17.3 Å². The van der Waals surface area contributed by atoms with E-state index in [1.54, 1.807) is 6.20 Å². The van der Waals surface area contributed by atoms with Crippen molar-refractivity contribution in [2.45, 2.75) is 64.8 Å². The molecule has 2 N–H and O–H groups in total. The molecule has 5 nitrogen and oxygen atoms in total. The molecule has 0 spiro atoms. The standard InChI is InChI=1S/C20H34N4O.ClH/c1-19(2,3)17-7-5-16(6-8-17)15-22-18(25)20(9-12-21-13-10-20)24-14-4-11-23-24;/h4,11,14,16-17,21H,5-10,12-13,15H2,1-3H3,(H,22,25);1H. The Kier molecular flexibility index (Phi) is 7.14. The van der Waals surface area contributed by atoms with Gasteiger partial charge in [0.1, 0.15) is 5.54 Å². The van der Waals surface area contributed by atoms with E-state index in [1.807, 2.05) is 16.9 Å². The summed E-state index contributed by atoms with van der Waals surface area (Å²) in [5.74, 6) is 1.59. The average Bonchev–Trinajstić information content (AvgIpc) is 3.15. The van der Waals surface area contributed by atoms with Crippen LogP contribution in [0.15, 0.2) is 18.5 Å². The Hall–Kier alpha value is -1.07. The number of hydrogen-bond acceptors (Lipinski definition) is 3. The van der Waals surface area contributed by atoms with Crippen molar-refractivity contribution >= 4 is 18.3 Å². The Morgan fingerprint density at radius 2 is 1.88 bits per heavy atom. The first-order valence-corrected chi connectivity index (χ1v) is 9.91. The van der Waals surface area contributed by atoms with Crippen LogP contribution < -0.4 is 10.6 Å². The number of nitrogens with zero attached hydrogens (tertiary/aromatic N) is 2. The van der Waals surface area contributed by atoms with Crippen LogP contribution in [0.25, 0.3) is 0 Å². The van der Waals surface area contributed by atoms with Crippen molar-refractivity contribution in [2.24, 2.45) is 17.3 Å². The Morgan fingerprint density at radius 3 is 2.42 bits per heavy atom. The largest absolute Gasteiger partial charge is 0.354 e. The van der Waals surface area contributed by atoms with E-state index in [0.29, 0.717) is 11.3 Å². The van der Waals surface area contributed by atoms with E-state index in [9.17, 15) is 4.79 Å². The van der Waals surface area contributed by atoms with Crippen LogP contribution in [0.1, 0.15) is 59.3 Å². The molecule has 0 unspecified atom stereocenters. The zero-order valence-corrected chi connectivity index (χ0v) is 17.3. The van der Waals surface area contributed by atoms with Crippen molar-refractivity contribution < 1.29 is 4.79 Å². The van der Waals surface area contributed by atoms with Crippen LogP contribution in [0.3, 0.4) is 0 Å². The first-order chi connectivity index (χ1) is 11.9. The molecule has 1 aliphatic carbocycles. The van der Waals surface area contributed by atoms with Crippen LogP contribution in [-0.4, -0.2) is 35.3 Å². The predicted molar refractivity (Wildman–Crippen MR) is 107 cm³/mol. The molecule has 0 aromatic carbocycles. The minimum atomic E-state index is -0.517. The molecule has 0 atom stereocenters. The maximum atomic E-state index is 13.1. The van der Waals surface area contributed by atoms with Gasteiger partial charge in [-0.05, 0) is 74.9 Å². The van der Waals surface area contributed by atoms with Gasteiger partial charge >= 0.3 is 0 Å². The Labute approximate surface area is 164 Å². The molecule has 3 rings (SSSR count). The lowest BCUT2D eigenvalue weighted by Gasteiger charge is -2.39. The number of piperidine rings is 1. The molecule has 1 aromatic rings.